The Labute approximate surface area is 164 Å². The molecule has 0 aliphatic heterocycles. The third-order valence-corrected chi connectivity index (χ3v) is 4.17. The molecule has 1 amide bonds. The molecule has 7 heteroatoms. The van der Waals surface area contributed by atoms with Crippen LogP contribution in [0.2, 0.25) is 0 Å². The van der Waals surface area contributed by atoms with E-state index in [1.807, 2.05) is 24.3 Å². The standard InChI is InChI=1S/C21H22N6O/c1-21(2,3)18-11-17(25-26-18)19(28)27(4)16-7-5-6-14(10-16)8-9-15-12-23-20(22)24-13-15/h5-7,10-13H,1-4H3,(H,25,26)(H2,22,23,24). The fourth-order valence-electron chi connectivity index (χ4n) is 2.44. The van der Waals surface area contributed by atoms with E-state index in [1.165, 1.54) is 0 Å². The van der Waals surface area contributed by atoms with Crippen molar-refractivity contribution < 1.29 is 4.79 Å². The number of nitrogen functional groups attached to an aromatic ring is 1. The van der Waals surface area contributed by atoms with Crippen LogP contribution in [-0.4, -0.2) is 33.1 Å². The van der Waals surface area contributed by atoms with E-state index in [-0.39, 0.29) is 17.3 Å². The number of nitrogens with zero attached hydrogens (tertiary/aromatic N) is 4. The third-order valence-electron chi connectivity index (χ3n) is 4.17. The van der Waals surface area contributed by atoms with Gasteiger partial charge in [-0.25, -0.2) is 9.97 Å². The van der Waals surface area contributed by atoms with Crippen LogP contribution in [-0.2, 0) is 5.41 Å². The molecule has 0 fully saturated rings. The highest BCUT2D eigenvalue weighted by molar-refractivity contribution is 6.04. The first-order valence-electron chi connectivity index (χ1n) is 8.77. The molecule has 2 heterocycles. The normalized spacial score (nSPS) is 10.9. The van der Waals surface area contributed by atoms with Crippen molar-refractivity contribution in [3.63, 3.8) is 0 Å². The second kappa shape index (κ2) is 7.53. The molecule has 3 rings (SSSR count). The monoisotopic (exact) mass is 374 g/mol. The average Bonchev–Trinajstić information content (AvgIpc) is 3.17. The van der Waals surface area contributed by atoms with E-state index in [0.29, 0.717) is 11.3 Å². The van der Waals surface area contributed by atoms with Crippen molar-refractivity contribution in [1.29, 1.82) is 0 Å². The van der Waals surface area contributed by atoms with Gasteiger partial charge in [0.05, 0.1) is 5.56 Å². The van der Waals surface area contributed by atoms with Gasteiger partial charge in [0.1, 0.15) is 0 Å². The molecule has 0 aliphatic carbocycles. The van der Waals surface area contributed by atoms with Crippen LogP contribution >= 0.6 is 0 Å². The number of amides is 1. The number of hydrogen-bond donors (Lipinski definition) is 2. The minimum absolute atomic E-state index is 0.106. The lowest BCUT2D eigenvalue weighted by molar-refractivity contribution is 0.0988. The summed E-state index contributed by atoms with van der Waals surface area (Å²) < 4.78 is 0. The van der Waals surface area contributed by atoms with E-state index < -0.39 is 0 Å². The van der Waals surface area contributed by atoms with Crippen molar-refractivity contribution >= 4 is 17.5 Å². The zero-order valence-electron chi connectivity index (χ0n) is 16.3. The van der Waals surface area contributed by atoms with Gasteiger partial charge in [-0.3, -0.25) is 9.89 Å². The Bertz CT molecular complexity index is 1050. The summed E-state index contributed by atoms with van der Waals surface area (Å²) in [5.74, 6) is 6.05. The number of nitrogens with one attached hydrogen (secondary N) is 1. The number of benzene rings is 1. The van der Waals surface area contributed by atoms with E-state index >= 15 is 0 Å². The van der Waals surface area contributed by atoms with E-state index in [2.05, 4.69) is 52.8 Å². The molecular weight excluding hydrogens is 352 g/mol. The summed E-state index contributed by atoms with van der Waals surface area (Å²) in [6.45, 7) is 6.19. The number of H-pyrrole nitrogens is 1. The summed E-state index contributed by atoms with van der Waals surface area (Å²) in [6, 6.07) is 9.23. The first-order chi connectivity index (χ1) is 13.2. The first kappa shape index (κ1) is 19.1. The molecule has 0 atom stereocenters. The lowest BCUT2D eigenvalue weighted by Crippen LogP contribution is -2.26. The molecule has 28 heavy (non-hydrogen) atoms. The number of rotatable bonds is 2. The second-order valence-corrected chi connectivity index (χ2v) is 7.41. The number of aromatic amines is 1. The Morgan fingerprint density at radius 3 is 2.43 bits per heavy atom. The molecule has 0 saturated heterocycles. The maximum atomic E-state index is 12.8. The molecular formula is C21H22N6O. The maximum Gasteiger partial charge on any atom is 0.278 e. The fourth-order valence-corrected chi connectivity index (χ4v) is 2.44. The zero-order chi connectivity index (χ0) is 20.3. The molecule has 0 saturated carbocycles. The van der Waals surface area contributed by atoms with Gasteiger partial charge in [0.15, 0.2) is 5.69 Å². The Hall–Kier alpha value is -3.66. The Morgan fingerprint density at radius 1 is 1.11 bits per heavy atom. The molecule has 1 aromatic carbocycles. The fraction of sp³-hybridized carbons (Fsp3) is 0.238. The van der Waals surface area contributed by atoms with E-state index in [0.717, 1.165) is 16.9 Å². The number of anilines is 2. The number of hydrogen-bond acceptors (Lipinski definition) is 5. The summed E-state index contributed by atoms with van der Waals surface area (Å²) in [5, 5.41) is 7.11. The lowest BCUT2D eigenvalue weighted by Gasteiger charge is -2.16. The van der Waals surface area contributed by atoms with Gasteiger partial charge >= 0.3 is 0 Å². The van der Waals surface area contributed by atoms with Gasteiger partial charge < -0.3 is 10.6 Å². The largest absolute Gasteiger partial charge is 0.368 e. The van der Waals surface area contributed by atoms with Crippen LogP contribution in [0.1, 0.15) is 48.1 Å². The first-order valence-corrected chi connectivity index (χ1v) is 8.77. The SMILES string of the molecule is CN(C(=O)c1cc(C(C)(C)C)[nH]n1)c1cccc(C#Cc2cnc(N)nc2)c1. The van der Waals surface area contributed by atoms with Crippen LogP contribution in [0.5, 0.6) is 0 Å². The molecule has 3 aromatic rings. The molecule has 0 spiro atoms. The Kier molecular flexibility index (Phi) is 5.14. The Balaban J connectivity index is 1.80. The van der Waals surface area contributed by atoms with Gasteiger partial charge in [-0.1, -0.05) is 38.7 Å². The van der Waals surface area contributed by atoms with E-state index in [4.69, 9.17) is 5.73 Å². The highest BCUT2D eigenvalue weighted by atomic mass is 16.2. The molecule has 0 aliphatic rings. The molecule has 142 valence electrons. The maximum absolute atomic E-state index is 12.8. The van der Waals surface area contributed by atoms with Gasteiger partial charge in [-0.15, -0.1) is 0 Å². The second-order valence-electron chi connectivity index (χ2n) is 7.41. The Morgan fingerprint density at radius 2 is 1.79 bits per heavy atom. The van der Waals surface area contributed by atoms with Gasteiger partial charge in [0.25, 0.3) is 5.91 Å². The van der Waals surface area contributed by atoms with Crippen molar-refractivity contribution in [2.75, 3.05) is 17.7 Å². The summed E-state index contributed by atoms with van der Waals surface area (Å²) in [7, 11) is 1.72. The molecule has 0 bridgehead atoms. The predicted molar refractivity (Wildman–Crippen MR) is 109 cm³/mol. The summed E-state index contributed by atoms with van der Waals surface area (Å²) in [6.07, 6.45) is 3.14. The van der Waals surface area contributed by atoms with Crippen molar-refractivity contribution in [3.8, 4) is 11.8 Å². The molecule has 7 nitrogen and oxygen atoms in total. The van der Waals surface area contributed by atoms with Crippen LogP contribution in [0, 0.1) is 11.8 Å². The number of aromatic nitrogens is 4. The summed E-state index contributed by atoms with van der Waals surface area (Å²) in [4.78, 5) is 22.2. The van der Waals surface area contributed by atoms with Crippen molar-refractivity contribution in [3.05, 3.63) is 65.2 Å². The number of carbonyl (C=O) groups is 1. The smallest absolute Gasteiger partial charge is 0.278 e. The average molecular weight is 374 g/mol. The summed E-state index contributed by atoms with van der Waals surface area (Å²) in [5.41, 5.74) is 8.82. The highest BCUT2D eigenvalue weighted by Crippen LogP contribution is 2.22. The number of nitrogens with two attached hydrogens (primary N) is 1. The van der Waals surface area contributed by atoms with E-state index in [9.17, 15) is 4.79 Å². The zero-order valence-corrected chi connectivity index (χ0v) is 16.3. The van der Waals surface area contributed by atoms with Crippen molar-refractivity contribution in [2.45, 2.75) is 26.2 Å². The van der Waals surface area contributed by atoms with Crippen LogP contribution < -0.4 is 10.6 Å². The quantitative estimate of drug-likeness (QED) is 0.672. The van der Waals surface area contributed by atoms with Crippen LogP contribution in [0.3, 0.4) is 0 Å². The minimum atomic E-state index is -0.191. The third kappa shape index (κ3) is 4.35. The van der Waals surface area contributed by atoms with Crippen LogP contribution in [0.25, 0.3) is 0 Å². The van der Waals surface area contributed by atoms with Crippen molar-refractivity contribution in [1.82, 2.24) is 20.2 Å². The minimum Gasteiger partial charge on any atom is -0.368 e. The molecule has 0 unspecified atom stereocenters. The topological polar surface area (TPSA) is 101 Å². The predicted octanol–water partition coefficient (Wildman–Crippen LogP) is 2.76. The van der Waals surface area contributed by atoms with Gasteiger partial charge in [-0.2, -0.15) is 5.10 Å². The van der Waals surface area contributed by atoms with Gasteiger partial charge in [0, 0.05) is 41.8 Å². The molecule has 3 N–H and O–H groups in total. The lowest BCUT2D eigenvalue weighted by atomic mass is 9.92. The van der Waals surface area contributed by atoms with Crippen LogP contribution in [0.15, 0.2) is 42.7 Å². The van der Waals surface area contributed by atoms with Gasteiger partial charge in [0.2, 0.25) is 5.95 Å². The van der Waals surface area contributed by atoms with Gasteiger partial charge in [-0.05, 0) is 24.3 Å². The van der Waals surface area contributed by atoms with Crippen LogP contribution in [0.4, 0.5) is 11.6 Å². The summed E-state index contributed by atoms with van der Waals surface area (Å²) >= 11 is 0. The van der Waals surface area contributed by atoms with Crippen molar-refractivity contribution in [2.24, 2.45) is 0 Å². The molecule has 2 aromatic heterocycles. The van der Waals surface area contributed by atoms with E-state index in [1.54, 1.807) is 30.4 Å². The highest BCUT2D eigenvalue weighted by Gasteiger charge is 2.21. The number of carbonyl (C=O) groups excluding carboxylic acids is 1. The molecule has 0 radical (unpaired) electrons.